The van der Waals surface area contributed by atoms with Crippen LogP contribution in [-0.4, -0.2) is 29.1 Å². The van der Waals surface area contributed by atoms with E-state index in [0.29, 0.717) is 5.69 Å². The molecule has 2 aliphatic heterocycles. The third-order valence-electron chi connectivity index (χ3n) is 4.15. The van der Waals surface area contributed by atoms with Gasteiger partial charge in [-0.15, -0.1) is 0 Å². The number of hydrogen-bond acceptors (Lipinski definition) is 4. The molecular formula is C19H15F2N3OS. The lowest BCUT2D eigenvalue weighted by molar-refractivity contribution is 0.102. The molecule has 2 aromatic rings. The number of halogens is 2. The Morgan fingerprint density at radius 3 is 2.58 bits per heavy atom. The number of nitrogens with one attached hydrogen (secondary N) is 1. The van der Waals surface area contributed by atoms with Crippen LogP contribution in [0.2, 0.25) is 0 Å². The zero-order valence-electron chi connectivity index (χ0n) is 13.7. The van der Waals surface area contributed by atoms with E-state index in [1.54, 1.807) is 23.9 Å². The monoisotopic (exact) mass is 371 g/mol. The first kappa shape index (κ1) is 16.8. The molecule has 0 saturated carbocycles. The standard InChI is InChI=1S/C19H15F2N3OS/c20-14-8-13(9-15(21)10-14)18(25)23-16-4-2-12(3-5-16)17-11-26-19-22-6-1-7-24(17)19/h2-5,8-11H,1,6-7H2,(H,23,25). The lowest BCUT2D eigenvalue weighted by Gasteiger charge is -2.25. The molecule has 26 heavy (non-hydrogen) atoms. The molecule has 0 spiro atoms. The van der Waals surface area contributed by atoms with Gasteiger partial charge in [-0.3, -0.25) is 9.79 Å². The zero-order chi connectivity index (χ0) is 18.1. The summed E-state index contributed by atoms with van der Waals surface area (Å²) in [6.45, 7) is 1.81. The summed E-state index contributed by atoms with van der Waals surface area (Å²) in [6, 6.07) is 10.1. The fraction of sp³-hybridized carbons (Fsp3) is 0.158. The summed E-state index contributed by atoms with van der Waals surface area (Å²) in [5.74, 6) is -2.12. The van der Waals surface area contributed by atoms with Gasteiger partial charge in [0.15, 0.2) is 5.17 Å². The van der Waals surface area contributed by atoms with E-state index in [0.717, 1.165) is 54.1 Å². The molecule has 2 aromatic carbocycles. The molecule has 4 rings (SSSR count). The fourth-order valence-electron chi connectivity index (χ4n) is 2.92. The van der Waals surface area contributed by atoms with Gasteiger partial charge in [0, 0.05) is 35.8 Å². The van der Waals surface area contributed by atoms with Crippen molar-refractivity contribution in [3.63, 3.8) is 0 Å². The molecule has 0 bridgehead atoms. The second-order valence-electron chi connectivity index (χ2n) is 5.98. The highest BCUT2D eigenvalue weighted by Gasteiger charge is 2.25. The number of carbonyl (C=O) groups excluding carboxylic acids is 1. The van der Waals surface area contributed by atoms with Crippen molar-refractivity contribution >= 4 is 34.2 Å². The van der Waals surface area contributed by atoms with Gasteiger partial charge in [-0.2, -0.15) is 0 Å². The average molecular weight is 371 g/mol. The Morgan fingerprint density at radius 2 is 1.85 bits per heavy atom. The number of carbonyl (C=O) groups is 1. The molecule has 7 heteroatoms. The number of rotatable bonds is 3. The molecule has 0 aromatic heterocycles. The smallest absolute Gasteiger partial charge is 0.255 e. The summed E-state index contributed by atoms with van der Waals surface area (Å²) >= 11 is 1.62. The molecule has 0 radical (unpaired) electrons. The van der Waals surface area contributed by atoms with Crippen molar-refractivity contribution in [2.45, 2.75) is 6.42 Å². The Balaban J connectivity index is 1.49. The lowest BCUT2D eigenvalue weighted by Crippen LogP contribution is -2.28. The predicted molar refractivity (Wildman–Crippen MR) is 99.9 cm³/mol. The van der Waals surface area contributed by atoms with Crippen LogP contribution in [0.4, 0.5) is 14.5 Å². The van der Waals surface area contributed by atoms with Gasteiger partial charge in [-0.05, 0) is 36.2 Å². The number of nitrogens with zero attached hydrogens (tertiary/aromatic N) is 2. The highest BCUT2D eigenvalue weighted by molar-refractivity contribution is 8.16. The first-order valence-electron chi connectivity index (χ1n) is 8.17. The van der Waals surface area contributed by atoms with Crippen LogP contribution in [0.15, 0.2) is 52.9 Å². The number of amidine groups is 1. The van der Waals surface area contributed by atoms with Crippen molar-refractivity contribution in [2.75, 3.05) is 18.4 Å². The van der Waals surface area contributed by atoms with Crippen LogP contribution in [0.1, 0.15) is 22.3 Å². The van der Waals surface area contributed by atoms with Gasteiger partial charge in [0.1, 0.15) is 11.6 Å². The predicted octanol–water partition coefficient (Wildman–Crippen LogP) is 4.32. The Hall–Kier alpha value is -2.67. The maximum Gasteiger partial charge on any atom is 0.255 e. The molecule has 0 atom stereocenters. The van der Waals surface area contributed by atoms with Crippen LogP contribution in [0.5, 0.6) is 0 Å². The van der Waals surface area contributed by atoms with Gasteiger partial charge in [0.25, 0.3) is 5.91 Å². The van der Waals surface area contributed by atoms with E-state index in [-0.39, 0.29) is 5.56 Å². The number of thioether (sulfide) groups is 1. The summed E-state index contributed by atoms with van der Waals surface area (Å²) < 4.78 is 26.5. The van der Waals surface area contributed by atoms with E-state index in [2.05, 4.69) is 20.6 Å². The summed E-state index contributed by atoms with van der Waals surface area (Å²) in [5.41, 5.74) is 2.62. The number of benzene rings is 2. The number of amides is 1. The van der Waals surface area contributed by atoms with Crippen LogP contribution in [0, 0.1) is 11.6 Å². The lowest BCUT2D eigenvalue weighted by atomic mass is 10.1. The largest absolute Gasteiger partial charge is 0.322 e. The van der Waals surface area contributed by atoms with Crippen LogP contribution < -0.4 is 5.32 Å². The van der Waals surface area contributed by atoms with E-state index < -0.39 is 17.5 Å². The Labute approximate surface area is 153 Å². The van der Waals surface area contributed by atoms with Crippen molar-refractivity contribution < 1.29 is 13.6 Å². The molecule has 0 aliphatic carbocycles. The number of fused-ring (bicyclic) bond motifs is 1. The third kappa shape index (κ3) is 3.35. The normalized spacial score (nSPS) is 16.0. The highest BCUT2D eigenvalue weighted by atomic mass is 32.2. The second kappa shape index (κ2) is 6.92. The van der Waals surface area contributed by atoms with Crippen molar-refractivity contribution in [3.05, 3.63) is 70.6 Å². The maximum absolute atomic E-state index is 13.2. The molecule has 0 fully saturated rings. The van der Waals surface area contributed by atoms with Gasteiger partial charge < -0.3 is 10.2 Å². The Kier molecular flexibility index (Phi) is 4.46. The van der Waals surface area contributed by atoms with Gasteiger partial charge in [0.05, 0.1) is 5.70 Å². The van der Waals surface area contributed by atoms with Gasteiger partial charge in [0.2, 0.25) is 0 Å². The van der Waals surface area contributed by atoms with E-state index in [4.69, 9.17) is 0 Å². The van der Waals surface area contributed by atoms with Crippen molar-refractivity contribution in [2.24, 2.45) is 4.99 Å². The zero-order valence-corrected chi connectivity index (χ0v) is 14.5. The van der Waals surface area contributed by atoms with Crippen LogP contribution in [0.25, 0.3) is 5.70 Å². The van der Waals surface area contributed by atoms with Crippen molar-refractivity contribution in [1.29, 1.82) is 0 Å². The van der Waals surface area contributed by atoms with Crippen LogP contribution >= 0.6 is 11.8 Å². The van der Waals surface area contributed by atoms with Gasteiger partial charge in [-0.25, -0.2) is 8.78 Å². The fourth-order valence-corrected chi connectivity index (χ4v) is 3.88. The molecule has 0 unspecified atom stereocenters. The topological polar surface area (TPSA) is 44.7 Å². The van der Waals surface area contributed by atoms with Gasteiger partial charge in [-0.1, -0.05) is 23.9 Å². The van der Waals surface area contributed by atoms with Crippen molar-refractivity contribution in [3.8, 4) is 0 Å². The first-order chi connectivity index (χ1) is 12.6. The van der Waals surface area contributed by atoms with E-state index in [9.17, 15) is 13.6 Å². The van der Waals surface area contributed by atoms with Crippen LogP contribution in [-0.2, 0) is 0 Å². The SMILES string of the molecule is O=C(Nc1ccc(C2=CSC3=NCCCN23)cc1)c1cc(F)cc(F)c1. The molecule has 2 aliphatic rings. The molecule has 1 N–H and O–H groups in total. The average Bonchev–Trinajstić information content (AvgIpc) is 3.06. The van der Waals surface area contributed by atoms with E-state index in [1.165, 1.54) is 0 Å². The molecular weight excluding hydrogens is 356 g/mol. The van der Waals surface area contributed by atoms with E-state index in [1.807, 2.05) is 12.1 Å². The quantitative estimate of drug-likeness (QED) is 0.874. The minimum absolute atomic E-state index is 0.0596. The minimum atomic E-state index is -0.782. The van der Waals surface area contributed by atoms with E-state index >= 15 is 0 Å². The van der Waals surface area contributed by atoms with Gasteiger partial charge >= 0.3 is 0 Å². The summed E-state index contributed by atoms with van der Waals surface area (Å²) in [5, 5.41) is 5.75. The number of anilines is 1. The summed E-state index contributed by atoms with van der Waals surface area (Å²) in [7, 11) is 0. The van der Waals surface area contributed by atoms with Crippen molar-refractivity contribution in [1.82, 2.24) is 4.90 Å². The second-order valence-corrected chi connectivity index (χ2v) is 6.82. The minimum Gasteiger partial charge on any atom is -0.322 e. The molecule has 1 amide bonds. The number of hydrogen-bond donors (Lipinski definition) is 1. The summed E-state index contributed by atoms with van der Waals surface area (Å²) in [4.78, 5) is 18.9. The maximum atomic E-state index is 13.2. The summed E-state index contributed by atoms with van der Waals surface area (Å²) in [6.07, 6.45) is 1.03. The Bertz CT molecular complexity index is 905. The highest BCUT2D eigenvalue weighted by Crippen LogP contribution is 2.35. The molecule has 4 nitrogen and oxygen atoms in total. The Morgan fingerprint density at radius 1 is 1.12 bits per heavy atom. The first-order valence-corrected chi connectivity index (χ1v) is 9.05. The molecule has 132 valence electrons. The number of aliphatic imine (C=N–C) groups is 1. The molecule has 0 saturated heterocycles. The van der Waals surface area contributed by atoms with Crippen LogP contribution in [0.3, 0.4) is 0 Å². The molecule has 2 heterocycles. The third-order valence-corrected chi connectivity index (χ3v) is 5.05.